The number of nitrogens with zero attached hydrogens (tertiary/aromatic N) is 4. The minimum Gasteiger partial charge on any atom is -0.450 e. The Morgan fingerprint density at radius 2 is 2.04 bits per heavy atom. The minimum absolute atomic E-state index is 0.257. The number of piperazine rings is 1. The molecule has 0 atom stereocenters. The van der Waals surface area contributed by atoms with Crippen molar-refractivity contribution in [1.82, 2.24) is 14.9 Å². The van der Waals surface area contributed by atoms with E-state index in [2.05, 4.69) is 34.1 Å². The molecule has 0 radical (unpaired) electrons. The summed E-state index contributed by atoms with van der Waals surface area (Å²) in [6, 6.07) is 0. The summed E-state index contributed by atoms with van der Waals surface area (Å²) in [6.45, 7) is 9.03. The molecule has 0 bridgehead atoms. The van der Waals surface area contributed by atoms with Gasteiger partial charge in [-0.15, -0.1) is 11.3 Å². The molecular weight excluding hydrogens is 326 g/mol. The number of fused-ring (bicyclic) bond motifs is 1. The van der Waals surface area contributed by atoms with Gasteiger partial charge >= 0.3 is 6.09 Å². The van der Waals surface area contributed by atoms with Crippen molar-refractivity contribution in [3.63, 3.8) is 0 Å². The molecular formula is C16H23N5O2S. The molecule has 3 heterocycles. The predicted molar refractivity (Wildman–Crippen MR) is 96.7 cm³/mol. The maximum Gasteiger partial charge on any atom is 0.409 e. The van der Waals surface area contributed by atoms with E-state index in [1.807, 2.05) is 6.92 Å². The maximum atomic E-state index is 11.8. The lowest BCUT2D eigenvalue weighted by molar-refractivity contribution is 0.105. The molecule has 1 aliphatic heterocycles. The number of hydrogen-bond donors (Lipinski definition) is 1. The summed E-state index contributed by atoms with van der Waals surface area (Å²) in [4.78, 5) is 25.7. The monoisotopic (exact) mass is 349 g/mol. The number of nitrogens with two attached hydrogens (primary N) is 1. The first-order valence-corrected chi connectivity index (χ1v) is 9.10. The van der Waals surface area contributed by atoms with Crippen molar-refractivity contribution in [3.8, 4) is 0 Å². The summed E-state index contributed by atoms with van der Waals surface area (Å²) in [7, 11) is 0. The fraction of sp³-hybridized carbons (Fsp3) is 0.562. The Bertz CT molecular complexity index is 737. The number of thiophene rings is 1. The molecule has 130 valence electrons. The first kappa shape index (κ1) is 16.8. The predicted octanol–water partition coefficient (Wildman–Crippen LogP) is 2.68. The second kappa shape index (κ2) is 6.80. The van der Waals surface area contributed by atoms with Gasteiger partial charge in [-0.25, -0.2) is 9.78 Å². The molecule has 0 aliphatic carbocycles. The Hall–Kier alpha value is -2.09. The highest BCUT2D eigenvalue weighted by atomic mass is 32.1. The molecule has 1 fully saturated rings. The van der Waals surface area contributed by atoms with Crippen molar-refractivity contribution >= 4 is 39.4 Å². The molecule has 0 saturated carbocycles. The number of anilines is 2. The van der Waals surface area contributed by atoms with E-state index in [4.69, 9.17) is 10.5 Å². The van der Waals surface area contributed by atoms with Gasteiger partial charge in [-0.05, 0) is 23.8 Å². The molecule has 2 aromatic rings. The van der Waals surface area contributed by atoms with E-state index in [-0.39, 0.29) is 6.09 Å². The standard InChI is InChI=1S/C16H23N5O2S/c1-4-23-16(22)21-7-5-20(6-8-21)15-18-13(17)12-11(10(2)3)9-24-14(12)19-15/h9-10H,4-8H2,1-3H3,(H2,17,18,19). The van der Waals surface area contributed by atoms with Gasteiger partial charge in [0.25, 0.3) is 0 Å². The lowest BCUT2D eigenvalue weighted by atomic mass is 10.0. The summed E-state index contributed by atoms with van der Waals surface area (Å²) < 4.78 is 5.04. The van der Waals surface area contributed by atoms with Gasteiger partial charge in [0.2, 0.25) is 5.95 Å². The lowest BCUT2D eigenvalue weighted by Gasteiger charge is -2.34. The molecule has 3 rings (SSSR count). The third kappa shape index (κ3) is 3.10. The van der Waals surface area contributed by atoms with Crippen molar-refractivity contribution in [1.29, 1.82) is 0 Å². The van der Waals surface area contributed by atoms with Crippen LogP contribution in [0.4, 0.5) is 16.6 Å². The second-order valence-corrected chi connectivity index (χ2v) is 6.97. The number of rotatable bonds is 3. The largest absolute Gasteiger partial charge is 0.450 e. The summed E-state index contributed by atoms with van der Waals surface area (Å²) >= 11 is 1.60. The van der Waals surface area contributed by atoms with Gasteiger partial charge in [-0.2, -0.15) is 4.98 Å². The second-order valence-electron chi connectivity index (χ2n) is 6.11. The van der Waals surface area contributed by atoms with Crippen LogP contribution in [0.2, 0.25) is 0 Å². The number of carbonyl (C=O) groups excluding carboxylic acids is 1. The van der Waals surface area contributed by atoms with Gasteiger partial charge in [-0.3, -0.25) is 0 Å². The lowest BCUT2D eigenvalue weighted by Crippen LogP contribution is -2.49. The van der Waals surface area contributed by atoms with Gasteiger partial charge in [0, 0.05) is 26.2 Å². The van der Waals surface area contributed by atoms with Gasteiger partial charge in [-0.1, -0.05) is 13.8 Å². The van der Waals surface area contributed by atoms with Crippen molar-refractivity contribution in [2.45, 2.75) is 26.7 Å². The molecule has 8 heteroatoms. The zero-order chi connectivity index (χ0) is 17.3. The van der Waals surface area contributed by atoms with Crippen LogP contribution in [0.5, 0.6) is 0 Å². The van der Waals surface area contributed by atoms with E-state index >= 15 is 0 Å². The molecule has 0 aromatic carbocycles. The number of carbonyl (C=O) groups is 1. The van der Waals surface area contributed by atoms with Gasteiger partial charge in [0.15, 0.2) is 0 Å². The van der Waals surface area contributed by atoms with Crippen molar-refractivity contribution in [2.24, 2.45) is 0 Å². The van der Waals surface area contributed by atoms with Crippen LogP contribution < -0.4 is 10.6 Å². The van der Waals surface area contributed by atoms with Crippen LogP contribution >= 0.6 is 11.3 Å². The number of nitrogen functional groups attached to an aromatic ring is 1. The van der Waals surface area contributed by atoms with E-state index in [1.54, 1.807) is 16.2 Å². The molecule has 1 amide bonds. The fourth-order valence-corrected chi connectivity index (χ4v) is 3.95. The Labute approximate surface area is 145 Å². The van der Waals surface area contributed by atoms with E-state index in [9.17, 15) is 4.79 Å². The van der Waals surface area contributed by atoms with Gasteiger partial charge in [0.05, 0.1) is 12.0 Å². The van der Waals surface area contributed by atoms with E-state index in [1.165, 1.54) is 5.56 Å². The van der Waals surface area contributed by atoms with Crippen molar-refractivity contribution in [2.75, 3.05) is 43.4 Å². The normalized spacial score (nSPS) is 15.3. The average Bonchev–Trinajstić information content (AvgIpc) is 3.00. The molecule has 0 unspecified atom stereocenters. The van der Waals surface area contributed by atoms with Crippen LogP contribution in [0.15, 0.2) is 5.38 Å². The van der Waals surface area contributed by atoms with Crippen LogP contribution in [-0.4, -0.2) is 53.7 Å². The SMILES string of the molecule is CCOC(=O)N1CCN(c2nc(N)c3c(C(C)C)csc3n2)CC1. The third-order valence-electron chi connectivity index (χ3n) is 4.19. The third-order valence-corrected chi connectivity index (χ3v) is 5.08. The Balaban J connectivity index is 1.78. The van der Waals surface area contributed by atoms with Crippen LogP contribution in [0.3, 0.4) is 0 Å². The van der Waals surface area contributed by atoms with E-state index < -0.39 is 0 Å². The number of hydrogen-bond acceptors (Lipinski definition) is 7. The van der Waals surface area contributed by atoms with Crippen molar-refractivity contribution < 1.29 is 9.53 Å². The minimum atomic E-state index is -0.257. The number of amides is 1. The zero-order valence-electron chi connectivity index (χ0n) is 14.3. The molecule has 24 heavy (non-hydrogen) atoms. The number of ether oxygens (including phenoxy) is 1. The highest BCUT2D eigenvalue weighted by Crippen LogP contribution is 2.34. The summed E-state index contributed by atoms with van der Waals surface area (Å²) in [5.41, 5.74) is 7.41. The highest BCUT2D eigenvalue weighted by molar-refractivity contribution is 7.17. The first-order chi connectivity index (χ1) is 11.5. The first-order valence-electron chi connectivity index (χ1n) is 8.22. The summed E-state index contributed by atoms with van der Waals surface area (Å²) in [5, 5.41) is 3.09. The Morgan fingerprint density at radius 3 is 2.67 bits per heavy atom. The van der Waals surface area contributed by atoms with Crippen molar-refractivity contribution in [3.05, 3.63) is 10.9 Å². The molecule has 2 N–H and O–H groups in total. The number of aromatic nitrogens is 2. The summed E-state index contributed by atoms with van der Waals surface area (Å²) in [5.74, 6) is 1.57. The van der Waals surface area contributed by atoms with Crippen LogP contribution in [0, 0.1) is 0 Å². The quantitative estimate of drug-likeness (QED) is 0.917. The highest BCUT2D eigenvalue weighted by Gasteiger charge is 2.24. The van der Waals surface area contributed by atoms with Crippen LogP contribution in [-0.2, 0) is 4.74 Å². The Kier molecular flexibility index (Phi) is 4.75. The average molecular weight is 349 g/mol. The molecule has 1 saturated heterocycles. The smallest absolute Gasteiger partial charge is 0.409 e. The van der Waals surface area contributed by atoms with Crippen LogP contribution in [0.25, 0.3) is 10.2 Å². The zero-order valence-corrected chi connectivity index (χ0v) is 15.1. The van der Waals surface area contributed by atoms with Gasteiger partial charge < -0.3 is 20.3 Å². The van der Waals surface area contributed by atoms with Crippen LogP contribution in [0.1, 0.15) is 32.3 Å². The van der Waals surface area contributed by atoms with E-state index in [0.29, 0.717) is 50.5 Å². The van der Waals surface area contributed by atoms with Gasteiger partial charge in [0.1, 0.15) is 10.6 Å². The summed E-state index contributed by atoms with van der Waals surface area (Å²) in [6.07, 6.45) is -0.257. The Morgan fingerprint density at radius 1 is 1.33 bits per heavy atom. The molecule has 2 aromatic heterocycles. The molecule has 1 aliphatic rings. The topological polar surface area (TPSA) is 84.6 Å². The fourth-order valence-electron chi connectivity index (χ4n) is 2.85. The molecule has 7 nitrogen and oxygen atoms in total. The maximum absolute atomic E-state index is 11.8. The molecule has 0 spiro atoms. The van der Waals surface area contributed by atoms with E-state index in [0.717, 1.165) is 10.2 Å².